The number of nitrogens with one attached hydrogen (secondary N) is 1. The molecule has 0 bridgehead atoms. The molecule has 104 valence electrons. The summed E-state index contributed by atoms with van der Waals surface area (Å²) in [5, 5.41) is 7.71. The lowest BCUT2D eigenvalue weighted by molar-refractivity contribution is 0.0958. The van der Waals surface area contributed by atoms with Gasteiger partial charge in [0.25, 0.3) is 5.91 Å². The molecular weight excluding hydrogens is 274 g/mol. The second kappa shape index (κ2) is 6.25. The maximum absolute atomic E-state index is 11.8. The van der Waals surface area contributed by atoms with Crippen LogP contribution in [0.15, 0.2) is 29.4 Å². The molecule has 2 aromatic rings. The number of aromatic nitrogens is 2. The third kappa shape index (κ3) is 3.39. The van der Waals surface area contributed by atoms with Crippen LogP contribution >= 0.6 is 11.5 Å². The van der Waals surface area contributed by atoms with Crippen LogP contribution in [-0.4, -0.2) is 35.8 Å². The van der Waals surface area contributed by atoms with E-state index in [1.807, 2.05) is 43.3 Å². The molecule has 0 aliphatic heterocycles. The molecule has 6 nitrogen and oxygen atoms in total. The van der Waals surface area contributed by atoms with Gasteiger partial charge >= 0.3 is 0 Å². The van der Waals surface area contributed by atoms with Crippen molar-refractivity contribution in [3.05, 3.63) is 40.4 Å². The number of carbonyl (C=O) groups is 1. The predicted octanol–water partition coefficient (Wildman–Crippen LogP) is 1.68. The smallest absolute Gasteiger partial charge is 0.285 e. The minimum absolute atomic E-state index is 0.293. The predicted molar refractivity (Wildman–Crippen MR) is 80.5 cm³/mol. The zero-order valence-corrected chi connectivity index (χ0v) is 12.3. The van der Waals surface area contributed by atoms with Crippen molar-refractivity contribution in [2.24, 2.45) is 5.10 Å². The van der Waals surface area contributed by atoms with E-state index in [4.69, 9.17) is 0 Å². The maximum Gasteiger partial charge on any atom is 0.285 e. The van der Waals surface area contributed by atoms with Crippen LogP contribution in [0.5, 0.6) is 0 Å². The number of anilines is 1. The van der Waals surface area contributed by atoms with Gasteiger partial charge in [0.1, 0.15) is 4.88 Å². The number of hydrazone groups is 1. The second-order valence-electron chi connectivity index (χ2n) is 4.37. The van der Waals surface area contributed by atoms with E-state index in [1.165, 1.54) is 0 Å². The number of carbonyl (C=O) groups excluding carboxylic acids is 1. The Bertz CT molecular complexity index is 618. The first-order valence-corrected chi connectivity index (χ1v) is 6.75. The molecule has 20 heavy (non-hydrogen) atoms. The standard InChI is InChI=1S/C13H15N5OS/c1-9-12(20-17-15-9)13(19)16-14-8-10-4-6-11(7-5-10)18(2)3/h4-8H,1-3H3,(H,16,19). The van der Waals surface area contributed by atoms with Crippen LogP contribution in [0, 0.1) is 6.92 Å². The molecule has 0 atom stereocenters. The molecule has 0 aliphatic rings. The van der Waals surface area contributed by atoms with Crippen molar-refractivity contribution in [3.8, 4) is 0 Å². The Morgan fingerprint density at radius 3 is 2.60 bits per heavy atom. The number of benzene rings is 1. The zero-order valence-electron chi connectivity index (χ0n) is 11.5. The molecule has 0 aliphatic carbocycles. The molecule has 0 fully saturated rings. The lowest BCUT2D eigenvalue weighted by Crippen LogP contribution is -2.17. The van der Waals surface area contributed by atoms with E-state index in [-0.39, 0.29) is 5.91 Å². The normalized spacial score (nSPS) is 10.8. The first-order chi connectivity index (χ1) is 9.58. The van der Waals surface area contributed by atoms with Crippen LogP contribution in [0.3, 0.4) is 0 Å². The number of hydrogen-bond donors (Lipinski definition) is 1. The number of nitrogens with zero attached hydrogens (tertiary/aromatic N) is 4. The Morgan fingerprint density at radius 1 is 1.35 bits per heavy atom. The average molecular weight is 289 g/mol. The van der Waals surface area contributed by atoms with Crippen LogP contribution in [0.1, 0.15) is 20.9 Å². The third-order valence-electron chi connectivity index (χ3n) is 2.65. The highest BCUT2D eigenvalue weighted by Crippen LogP contribution is 2.11. The van der Waals surface area contributed by atoms with Crippen LogP contribution in [0.25, 0.3) is 0 Å². The minimum Gasteiger partial charge on any atom is -0.378 e. The van der Waals surface area contributed by atoms with Gasteiger partial charge < -0.3 is 4.90 Å². The highest BCUT2D eigenvalue weighted by Gasteiger charge is 2.11. The molecule has 1 heterocycles. The maximum atomic E-state index is 11.8. The van der Waals surface area contributed by atoms with E-state index in [0.717, 1.165) is 22.8 Å². The lowest BCUT2D eigenvalue weighted by Gasteiger charge is -2.11. The summed E-state index contributed by atoms with van der Waals surface area (Å²) in [4.78, 5) is 14.3. The van der Waals surface area contributed by atoms with E-state index < -0.39 is 0 Å². The molecule has 0 unspecified atom stereocenters. The van der Waals surface area contributed by atoms with E-state index in [1.54, 1.807) is 13.1 Å². The summed E-state index contributed by atoms with van der Waals surface area (Å²) < 4.78 is 3.71. The fourth-order valence-corrected chi connectivity index (χ4v) is 2.06. The summed E-state index contributed by atoms with van der Waals surface area (Å²) in [6.45, 7) is 1.74. The molecular formula is C13H15N5OS. The first-order valence-electron chi connectivity index (χ1n) is 5.97. The molecule has 1 N–H and O–H groups in total. The van der Waals surface area contributed by atoms with Gasteiger partial charge in [0.2, 0.25) is 0 Å². The Balaban J connectivity index is 1.96. The highest BCUT2D eigenvalue weighted by molar-refractivity contribution is 7.07. The van der Waals surface area contributed by atoms with Gasteiger partial charge in [0.05, 0.1) is 11.9 Å². The fraction of sp³-hybridized carbons (Fsp3) is 0.231. The average Bonchev–Trinajstić information content (AvgIpc) is 2.85. The van der Waals surface area contributed by atoms with Crippen molar-refractivity contribution < 1.29 is 4.79 Å². The summed E-state index contributed by atoms with van der Waals surface area (Å²) in [5.41, 5.74) is 5.09. The van der Waals surface area contributed by atoms with Gasteiger partial charge in [-0.3, -0.25) is 4.79 Å². The lowest BCUT2D eigenvalue weighted by atomic mass is 10.2. The largest absolute Gasteiger partial charge is 0.378 e. The molecule has 7 heteroatoms. The summed E-state index contributed by atoms with van der Waals surface area (Å²) in [5.74, 6) is -0.293. The van der Waals surface area contributed by atoms with E-state index >= 15 is 0 Å². The van der Waals surface area contributed by atoms with Crippen molar-refractivity contribution in [3.63, 3.8) is 0 Å². The second-order valence-corrected chi connectivity index (χ2v) is 5.13. The minimum atomic E-state index is -0.293. The molecule has 1 aromatic heterocycles. The molecule has 0 spiro atoms. The van der Waals surface area contributed by atoms with Crippen molar-refractivity contribution in [1.82, 2.24) is 15.0 Å². The quantitative estimate of drug-likeness (QED) is 0.686. The monoisotopic (exact) mass is 289 g/mol. The Hall–Kier alpha value is -2.28. The van der Waals surface area contributed by atoms with Gasteiger partial charge in [-0.25, -0.2) is 5.43 Å². The third-order valence-corrected chi connectivity index (χ3v) is 3.47. The van der Waals surface area contributed by atoms with E-state index in [2.05, 4.69) is 20.1 Å². The molecule has 0 radical (unpaired) electrons. The number of rotatable bonds is 4. The van der Waals surface area contributed by atoms with Gasteiger partial charge in [-0.1, -0.05) is 16.6 Å². The first kappa shape index (κ1) is 14.1. The summed E-state index contributed by atoms with van der Waals surface area (Å²) >= 11 is 1.06. The van der Waals surface area contributed by atoms with Gasteiger partial charge in [-0.05, 0) is 36.2 Å². The summed E-state index contributed by atoms with van der Waals surface area (Å²) in [6, 6.07) is 7.84. The van der Waals surface area contributed by atoms with Crippen LogP contribution in [0.4, 0.5) is 5.69 Å². The number of amides is 1. The van der Waals surface area contributed by atoms with Crippen LogP contribution in [0.2, 0.25) is 0 Å². The SMILES string of the molecule is Cc1nnsc1C(=O)NN=Cc1ccc(N(C)C)cc1. The zero-order chi connectivity index (χ0) is 14.5. The Morgan fingerprint density at radius 2 is 2.05 bits per heavy atom. The molecule has 0 saturated carbocycles. The molecule has 1 aromatic carbocycles. The van der Waals surface area contributed by atoms with Crippen LogP contribution < -0.4 is 10.3 Å². The van der Waals surface area contributed by atoms with Gasteiger partial charge in [0.15, 0.2) is 0 Å². The van der Waals surface area contributed by atoms with Crippen molar-refractivity contribution in [1.29, 1.82) is 0 Å². The van der Waals surface area contributed by atoms with Gasteiger partial charge in [-0.2, -0.15) is 5.10 Å². The fourth-order valence-electron chi connectivity index (χ4n) is 1.51. The molecule has 2 rings (SSSR count). The van der Waals surface area contributed by atoms with Crippen molar-refractivity contribution in [2.75, 3.05) is 19.0 Å². The van der Waals surface area contributed by atoms with Crippen molar-refractivity contribution in [2.45, 2.75) is 6.92 Å². The molecule has 0 saturated heterocycles. The van der Waals surface area contributed by atoms with Crippen molar-refractivity contribution >= 4 is 29.3 Å². The van der Waals surface area contributed by atoms with E-state index in [0.29, 0.717) is 10.6 Å². The van der Waals surface area contributed by atoms with Crippen LogP contribution in [-0.2, 0) is 0 Å². The molecule has 1 amide bonds. The Labute approximate surface area is 121 Å². The number of hydrogen-bond acceptors (Lipinski definition) is 6. The topological polar surface area (TPSA) is 70.5 Å². The van der Waals surface area contributed by atoms with Gasteiger partial charge in [-0.15, -0.1) is 5.10 Å². The summed E-state index contributed by atoms with van der Waals surface area (Å²) in [7, 11) is 3.96. The Kier molecular flexibility index (Phi) is 4.41. The van der Waals surface area contributed by atoms with E-state index in [9.17, 15) is 4.79 Å². The van der Waals surface area contributed by atoms with Gasteiger partial charge in [0, 0.05) is 19.8 Å². The number of aryl methyl sites for hydroxylation is 1. The highest BCUT2D eigenvalue weighted by atomic mass is 32.1. The summed E-state index contributed by atoms with van der Waals surface area (Å²) in [6.07, 6.45) is 1.60.